The van der Waals surface area contributed by atoms with Crippen molar-refractivity contribution < 1.29 is 13.2 Å². The molecule has 0 saturated heterocycles. The molecule has 1 amide bonds. The second-order valence-corrected chi connectivity index (χ2v) is 6.58. The number of hydrogen-bond donors (Lipinski definition) is 2. The zero-order chi connectivity index (χ0) is 14.0. The van der Waals surface area contributed by atoms with Crippen molar-refractivity contribution in [1.29, 1.82) is 0 Å². The van der Waals surface area contributed by atoms with Crippen LogP contribution < -0.4 is 10.9 Å². The Morgan fingerprint density at radius 2 is 2.11 bits per heavy atom. The summed E-state index contributed by atoms with van der Waals surface area (Å²) in [5, 5.41) is 0. The summed E-state index contributed by atoms with van der Waals surface area (Å²) in [5.41, 5.74) is 5.42. The lowest BCUT2D eigenvalue weighted by Gasteiger charge is -2.10. The average Bonchev–Trinajstić information content (AvgIpc) is 2.67. The molecule has 0 bridgehead atoms. The van der Waals surface area contributed by atoms with Gasteiger partial charge in [-0.05, 0) is 18.6 Å². The fourth-order valence-corrected chi connectivity index (χ4v) is 2.87. The normalized spacial score (nSPS) is 17.3. The minimum atomic E-state index is -3.67. The Labute approximate surface area is 119 Å². The highest BCUT2D eigenvalue weighted by Crippen LogP contribution is 2.24. The van der Waals surface area contributed by atoms with E-state index in [9.17, 15) is 13.2 Å². The number of hydrazine groups is 1. The molecule has 0 unspecified atom stereocenters. The summed E-state index contributed by atoms with van der Waals surface area (Å²) >= 11 is 3.20. The van der Waals surface area contributed by atoms with Gasteiger partial charge in [-0.25, -0.2) is 0 Å². The number of halogens is 1. The Bertz CT molecular complexity index is 642. The molecular weight excluding hydrogens is 334 g/mol. The summed E-state index contributed by atoms with van der Waals surface area (Å²) < 4.78 is 27.1. The summed E-state index contributed by atoms with van der Waals surface area (Å²) in [5.74, 6) is -0.160. The van der Waals surface area contributed by atoms with Crippen molar-refractivity contribution in [2.24, 2.45) is 4.40 Å². The van der Waals surface area contributed by atoms with Gasteiger partial charge in [0.15, 0.2) is 5.84 Å². The number of amidine groups is 1. The largest absolute Gasteiger partial charge is 0.285 e. The van der Waals surface area contributed by atoms with E-state index in [2.05, 4.69) is 31.2 Å². The number of nitrogens with zero attached hydrogens (tertiary/aromatic N) is 1. The van der Waals surface area contributed by atoms with E-state index in [1.807, 2.05) is 6.92 Å². The molecule has 1 atom stereocenters. The molecule has 8 heteroatoms. The van der Waals surface area contributed by atoms with Gasteiger partial charge in [0.1, 0.15) is 4.90 Å². The lowest BCUT2D eigenvalue weighted by atomic mass is 10.2. The van der Waals surface area contributed by atoms with E-state index in [1.165, 1.54) is 6.07 Å². The lowest BCUT2D eigenvalue weighted by Crippen LogP contribution is -2.44. The number of alkyl halides is 1. The standard InChI is InChI=1S/C11H12BrN3O3S/c1-2-8(12)11(16)14-13-10-7-5-3-4-6-9(7)19(17,18)15-10/h3-6,8H,2H2,1H3,(H,13,15)(H,14,16)/t8-/m0/s1. The van der Waals surface area contributed by atoms with Gasteiger partial charge in [0.25, 0.3) is 15.9 Å². The molecule has 1 aliphatic rings. The SMILES string of the molecule is CC[C@H](Br)C(=O)NNC1=NS(=O)(=O)c2ccccc21. The third kappa shape index (κ3) is 2.79. The molecule has 1 heterocycles. The van der Waals surface area contributed by atoms with Gasteiger partial charge in [0, 0.05) is 5.56 Å². The number of carbonyl (C=O) groups excluding carboxylic acids is 1. The molecule has 102 valence electrons. The predicted molar refractivity (Wildman–Crippen MR) is 74.4 cm³/mol. The summed E-state index contributed by atoms with van der Waals surface area (Å²) in [6.45, 7) is 1.85. The summed E-state index contributed by atoms with van der Waals surface area (Å²) in [7, 11) is -3.67. The van der Waals surface area contributed by atoms with Gasteiger partial charge in [0.2, 0.25) is 0 Å². The number of carbonyl (C=O) groups is 1. The third-order valence-electron chi connectivity index (χ3n) is 2.58. The van der Waals surface area contributed by atoms with Gasteiger partial charge in [-0.2, -0.15) is 8.42 Å². The van der Waals surface area contributed by atoms with Crippen LogP contribution in [0.5, 0.6) is 0 Å². The molecule has 0 saturated carbocycles. The van der Waals surface area contributed by atoms with Crippen LogP contribution >= 0.6 is 15.9 Å². The fraction of sp³-hybridized carbons (Fsp3) is 0.273. The molecule has 1 aliphatic heterocycles. The molecule has 0 spiro atoms. The van der Waals surface area contributed by atoms with Crippen molar-refractivity contribution in [1.82, 2.24) is 10.9 Å². The van der Waals surface area contributed by atoms with Crippen molar-refractivity contribution in [3.8, 4) is 0 Å². The van der Waals surface area contributed by atoms with E-state index in [-0.39, 0.29) is 21.5 Å². The number of rotatable bonds is 2. The molecule has 19 heavy (non-hydrogen) atoms. The van der Waals surface area contributed by atoms with Crippen molar-refractivity contribution in [2.45, 2.75) is 23.1 Å². The zero-order valence-electron chi connectivity index (χ0n) is 10.1. The van der Waals surface area contributed by atoms with Crippen molar-refractivity contribution in [3.05, 3.63) is 29.8 Å². The summed E-state index contributed by atoms with van der Waals surface area (Å²) in [6.07, 6.45) is 0.620. The Morgan fingerprint density at radius 1 is 1.42 bits per heavy atom. The number of hydrogen-bond acceptors (Lipinski definition) is 4. The number of nitrogens with one attached hydrogen (secondary N) is 2. The third-order valence-corrected chi connectivity index (χ3v) is 4.98. The van der Waals surface area contributed by atoms with Gasteiger partial charge in [-0.1, -0.05) is 35.0 Å². The topological polar surface area (TPSA) is 87.6 Å². The van der Waals surface area contributed by atoms with Crippen LogP contribution in [0, 0.1) is 0 Å². The van der Waals surface area contributed by atoms with Gasteiger partial charge in [0.05, 0.1) is 4.83 Å². The molecule has 0 radical (unpaired) electrons. The zero-order valence-corrected chi connectivity index (χ0v) is 12.5. The Kier molecular flexibility index (Phi) is 3.91. The first-order chi connectivity index (χ1) is 8.95. The summed E-state index contributed by atoms with van der Waals surface area (Å²) in [6, 6.07) is 6.43. The van der Waals surface area contributed by atoms with E-state index in [4.69, 9.17) is 0 Å². The number of sulfonamides is 1. The number of fused-ring (bicyclic) bond motifs is 1. The molecule has 2 N–H and O–H groups in total. The van der Waals surface area contributed by atoms with Crippen LogP contribution in [-0.4, -0.2) is 25.0 Å². The van der Waals surface area contributed by atoms with E-state index in [1.54, 1.807) is 18.2 Å². The second-order valence-electron chi connectivity index (χ2n) is 3.90. The lowest BCUT2D eigenvalue weighted by molar-refractivity contribution is -0.121. The minimum absolute atomic E-state index is 0.125. The van der Waals surface area contributed by atoms with E-state index in [0.717, 1.165) is 0 Å². The van der Waals surface area contributed by atoms with Crippen molar-refractivity contribution in [2.75, 3.05) is 0 Å². The van der Waals surface area contributed by atoms with Crippen LogP contribution in [0.1, 0.15) is 18.9 Å². The van der Waals surface area contributed by atoms with Crippen molar-refractivity contribution in [3.63, 3.8) is 0 Å². The van der Waals surface area contributed by atoms with E-state index in [0.29, 0.717) is 12.0 Å². The molecule has 0 fully saturated rings. The van der Waals surface area contributed by atoms with Crippen LogP contribution in [0.2, 0.25) is 0 Å². The first kappa shape index (κ1) is 14.0. The maximum Gasteiger partial charge on any atom is 0.285 e. The van der Waals surface area contributed by atoms with Crippen LogP contribution in [0.25, 0.3) is 0 Å². The first-order valence-electron chi connectivity index (χ1n) is 5.60. The summed E-state index contributed by atoms with van der Waals surface area (Å²) in [4.78, 5) is 11.4. The number of benzene rings is 1. The van der Waals surface area contributed by atoms with E-state index >= 15 is 0 Å². The van der Waals surface area contributed by atoms with Gasteiger partial charge < -0.3 is 0 Å². The van der Waals surface area contributed by atoms with Crippen LogP contribution in [0.3, 0.4) is 0 Å². The molecule has 6 nitrogen and oxygen atoms in total. The van der Waals surface area contributed by atoms with Gasteiger partial charge in [-0.15, -0.1) is 4.40 Å². The molecule has 2 rings (SSSR count). The molecule has 0 aromatic heterocycles. The molecule has 1 aromatic rings. The Hall–Kier alpha value is -1.41. The van der Waals surface area contributed by atoms with Crippen LogP contribution in [0.4, 0.5) is 0 Å². The van der Waals surface area contributed by atoms with Crippen LogP contribution in [-0.2, 0) is 14.8 Å². The fourth-order valence-electron chi connectivity index (χ4n) is 1.58. The van der Waals surface area contributed by atoms with Crippen molar-refractivity contribution >= 4 is 37.7 Å². The maximum atomic E-state index is 11.7. The average molecular weight is 346 g/mol. The van der Waals surface area contributed by atoms with Crippen LogP contribution in [0.15, 0.2) is 33.6 Å². The van der Waals surface area contributed by atoms with Gasteiger partial charge >= 0.3 is 0 Å². The highest BCUT2D eigenvalue weighted by molar-refractivity contribution is 9.10. The highest BCUT2D eigenvalue weighted by atomic mass is 79.9. The maximum absolute atomic E-state index is 11.7. The monoisotopic (exact) mass is 345 g/mol. The Morgan fingerprint density at radius 3 is 2.79 bits per heavy atom. The van der Waals surface area contributed by atoms with E-state index < -0.39 is 10.0 Å². The smallest absolute Gasteiger partial charge is 0.281 e. The second kappa shape index (κ2) is 5.30. The number of amides is 1. The molecule has 1 aromatic carbocycles. The molecular formula is C11H12BrN3O3S. The molecule has 0 aliphatic carbocycles. The first-order valence-corrected chi connectivity index (χ1v) is 7.95. The predicted octanol–water partition coefficient (Wildman–Crippen LogP) is 0.930. The minimum Gasteiger partial charge on any atom is -0.281 e. The highest BCUT2D eigenvalue weighted by Gasteiger charge is 2.28. The van der Waals surface area contributed by atoms with Gasteiger partial charge in [-0.3, -0.25) is 15.6 Å². The Balaban J connectivity index is 2.18. The quantitative estimate of drug-likeness (QED) is 0.616.